The third-order valence-corrected chi connectivity index (χ3v) is 6.12. The molecule has 4 nitrogen and oxygen atoms in total. The van der Waals surface area contributed by atoms with Crippen molar-refractivity contribution in [3.8, 4) is 39.9 Å². The van der Waals surface area contributed by atoms with Gasteiger partial charge in [-0.15, -0.1) is 23.8 Å². The third-order valence-electron chi connectivity index (χ3n) is 6.12. The van der Waals surface area contributed by atoms with Gasteiger partial charge >= 0.3 is 0 Å². The second-order valence-corrected chi connectivity index (χ2v) is 8.83. The van der Waals surface area contributed by atoms with Crippen molar-refractivity contribution in [3.63, 3.8) is 0 Å². The van der Waals surface area contributed by atoms with Crippen molar-refractivity contribution in [2.75, 3.05) is 0 Å². The van der Waals surface area contributed by atoms with Gasteiger partial charge in [-0.25, -0.2) is 4.98 Å². The van der Waals surface area contributed by atoms with Crippen molar-refractivity contribution in [1.29, 1.82) is 0 Å². The predicted molar refractivity (Wildman–Crippen MR) is 138 cm³/mol. The van der Waals surface area contributed by atoms with Gasteiger partial charge in [0.05, 0.1) is 5.69 Å². The molecule has 5 rings (SSSR count). The standard InChI is InChI=1S/C31H25N2O2.Pt/c1-31(2,23-12-4-3-5-13-23)24-20-27(33-28(21-24)26-15-6-7-16-29(26)34)22-11-10-14-25(19-22)35-30-17-8-9-18-32-30;/h3-18,20-21,34H,1-2H3;/q-1;. The average molecular weight is 653 g/mol. The maximum atomic E-state index is 10.6. The van der Waals surface area contributed by atoms with Crippen LogP contribution in [0.5, 0.6) is 17.4 Å². The summed E-state index contributed by atoms with van der Waals surface area (Å²) >= 11 is 0. The van der Waals surface area contributed by atoms with Crippen LogP contribution in [0.4, 0.5) is 0 Å². The molecule has 2 heterocycles. The first kappa shape index (κ1) is 25.3. The molecular formula is C31H25N2O2Pt-. The van der Waals surface area contributed by atoms with Crippen molar-refractivity contribution < 1.29 is 30.9 Å². The number of para-hydroxylation sites is 1. The zero-order valence-corrected chi connectivity index (χ0v) is 22.2. The van der Waals surface area contributed by atoms with Crippen LogP contribution in [-0.4, -0.2) is 15.1 Å². The third kappa shape index (κ3) is 5.40. The number of aromatic nitrogens is 2. The zero-order valence-electron chi connectivity index (χ0n) is 20.0. The van der Waals surface area contributed by atoms with Crippen LogP contribution in [0.3, 0.4) is 0 Å². The van der Waals surface area contributed by atoms with E-state index in [-0.39, 0.29) is 32.2 Å². The fourth-order valence-electron chi connectivity index (χ4n) is 4.06. The van der Waals surface area contributed by atoms with Crippen molar-refractivity contribution in [2.45, 2.75) is 19.3 Å². The van der Waals surface area contributed by atoms with E-state index in [9.17, 15) is 5.11 Å². The SMILES string of the molecule is CC(C)(c1ccccc1)c1cc(-c2[c-]c(Oc3ccccn3)ccc2)nc(-c2ccccc2O)c1.[Pt]. The largest absolute Gasteiger partial charge is 0.507 e. The van der Waals surface area contributed by atoms with E-state index in [4.69, 9.17) is 9.72 Å². The van der Waals surface area contributed by atoms with E-state index >= 15 is 0 Å². The van der Waals surface area contributed by atoms with Crippen molar-refractivity contribution in [1.82, 2.24) is 9.97 Å². The van der Waals surface area contributed by atoms with Crippen LogP contribution in [0.2, 0.25) is 0 Å². The summed E-state index contributed by atoms with van der Waals surface area (Å²) in [7, 11) is 0. The van der Waals surface area contributed by atoms with E-state index in [1.165, 1.54) is 5.56 Å². The molecule has 182 valence electrons. The number of hydrogen-bond acceptors (Lipinski definition) is 4. The Kier molecular flexibility index (Phi) is 7.66. The van der Waals surface area contributed by atoms with Gasteiger partial charge in [-0.3, -0.25) is 4.98 Å². The number of pyridine rings is 2. The topological polar surface area (TPSA) is 55.2 Å². The summed E-state index contributed by atoms with van der Waals surface area (Å²) in [6, 6.07) is 36.4. The molecule has 2 aromatic heterocycles. The number of hydrogen-bond donors (Lipinski definition) is 1. The molecule has 0 radical (unpaired) electrons. The second kappa shape index (κ2) is 10.9. The Morgan fingerprint density at radius 2 is 1.47 bits per heavy atom. The van der Waals surface area contributed by atoms with Crippen molar-refractivity contribution in [2.24, 2.45) is 0 Å². The minimum absolute atomic E-state index is 0. The molecule has 0 atom stereocenters. The summed E-state index contributed by atoms with van der Waals surface area (Å²) in [5, 5.41) is 10.6. The molecule has 0 aliphatic heterocycles. The molecule has 0 aliphatic carbocycles. The van der Waals surface area contributed by atoms with Crippen molar-refractivity contribution >= 4 is 0 Å². The van der Waals surface area contributed by atoms with Crippen LogP contribution < -0.4 is 4.74 Å². The molecule has 1 N–H and O–H groups in total. The van der Waals surface area contributed by atoms with Gasteiger partial charge in [0.25, 0.3) is 0 Å². The van der Waals surface area contributed by atoms with E-state index < -0.39 is 0 Å². The monoisotopic (exact) mass is 652 g/mol. The minimum Gasteiger partial charge on any atom is -0.507 e. The average Bonchev–Trinajstić information content (AvgIpc) is 2.90. The molecular weight excluding hydrogens is 627 g/mol. The predicted octanol–water partition coefficient (Wildman–Crippen LogP) is 7.43. The van der Waals surface area contributed by atoms with E-state index in [0.717, 1.165) is 16.8 Å². The number of ether oxygens (including phenoxy) is 1. The maximum Gasteiger partial charge on any atom is 0.217 e. The van der Waals surface area contributed by atoms with Gasteiger partial charge in [0, 0.05) is 50.1 Å². The van der Waals surface area contributed by atoms with Gasteiger partial charge < -0.3 is 9.84 Å². The number of aromatic hydroxyl groups is 1. The van der Waals surface area contributed by atoms with Crippen LogP contribution >= 0.6 is 0 Å². The fourth-order valence-corrected chi connectivity index (χ4v) is 4.06. The number of rotatable bonds is 6. The number of phenols is 1. The first-order valence-electron chi connectivity index (χ1n) is 11.5. The molecule has 0 bridgehead atoms. The smallest absolute Gasteiger partial charge is 0.217 e. The number of phenolic OH excluding ortho intramolecular Hbond substituents is 1. The molecule has 5 aromatic rings. The van der Waals surface area contributed by atoms with Crippen LogP contribution in [-0.2, 0) is 26.5 Å². The van der Waals surface area contributed by atoms with E-state index in [0.29, 0.717) is 22.9 Å². The second-order valence-electron chi connectivity index (χ2n) is 8.83. The van der Waals surface area contributed by atoms with E-state index in [2.05, 4.69) is 61.3 Å². The van der Waals surface area contributed by atoms with Gasteiger partial charge in [0.2, 0.25) is 5.88 Å². The molecule has 0 unspecified atom stereocenters. The summed E-state index contributed by atoms with van der Waals surface area (Å²) < 4.78 is 5.91. The molecule has 0 spiro atoms. The first-order chi connectivity index (χ1) is 17.0. The Bertz CT molecular complexity index is 1450. The normalized spacial score (nSPS) is 10.9. The summed E-state index contributed by atoms with van der Waals surface area (Å²) in [4.78, 5) is 9.16. The van der Waals surface area contributed by atoms with Crippen LogP contribution in [0.25, 0.3) is 22.5 Å². The van der Waals surface area contributed by atoms with Crippen LogP contribution in [0.15, 0.2) is 109 Å². The fraction of sp³-hybridized carbons (Fsp3) is 0.0968. The Balaban J connectivity index is 0.00000304. The minimum atomic E-state index is -0.291. The van der Waals surface area contributed by atoms with E-state index in [1.807, 2.05) is 54.6 Å². The molecule has 5 heteroatoms. The summed E-state index contributed by atoms with van der Waals surface area (Å²) in [5.41, 5.74) is 4.90. The molecule has 36 heavy (non-hydrogen) atoms. The Morgan fingerprint density at radius 3 is 2.22 bits per heavy atom. The summed E-state index contributed by atoms with van der Waals surface area (Å²) in [6.45, 7) is 4.39. The zero-order chi connectivity index (χ0) is 24.3. The molecule has 0 fully saturated rings. The van der Waals surface area contributed by atoms with Crippen LogP contribution in [0.1, 0.15) is 25.0 Å². The Hall–Kier alpha value is -3.75. The summed E-state index contributed by atoms with van der Waals surface area (Å²) in [5.74, 6) is 1.25. The first-order valence-corrected chi connectivity index (χ1v) is 11.5. The summed E-state index contributed by atoms with van der Waals surface area (Å²) in [6.07, 6.45) is 1.69. The van der Waals surface area contributed by atoms with E-state index in [1.54, 1.807) is 18.3 Å². The molecule has 0 saturated heterocycles. The Morgan fingerprint density at radius 1 is 0.750 bits per heavy atom. The van der Waals surface area contributed by atoms with Gasteiger partial charge in [-0.05, 0) is 41.1 Å². The van der Waals surface area contributed by atoms with Crippen LogP contribution in [0, 0.1) is 6.07 Å². The van der Waals surface area contributed by atoms with Crippen molar-refractivity contribution in [3.05, 3.63) is 127 Å². The van der Waals surface area contributed by atoms with Gasteiger partial charge in [0.15, 0.2) is 0 Å². The van der Waals surface area contributed by atoms with Gasteiger partial charge in [-0.2, -0.15) is 0 Å². The molecule has 3 aromatic carbocycles. The molecule has 0 amide bonds. The number of nitrogens with zero attached hydrogens (tertiary/aromatic N) is 2. The quantitative estimate of drug-likeness (QED) is 0.194. The molecule has 0 aliphatic rings. The molecule has 0 saturated carbocycles. The number of benzene rings is 3. The maximum absolute atomic E-state index is 10.6. The van der Waals surface area contributed by atoms with Gasteiger partial charge in [-0.1, -0.05) is 74.5 Å². The van der Waals surface area contributed by atoms with Gasteiger partial charge in [0.1, 0.15) is 5.75 Å². The Labute approximate surface area is 225 Å².